The van der Waals surface area contributed by atoms with E-state index in [0.29, 0.717) is 11.3 Å². The maximum Gasteiger partial charge on any atom is 0.176 e. The summed E-state index contributed by atoms with van der Waals surface area (Å²) in [6.07, 6.45) is 1.74. The summed E-state index contributed by atoms with van der Waals surface area (Å²) in [5, 5.41) is 0. The van der Waals surface area contributed by atoms with Gasteiger partial charge in [-0.15, -0.1) is 0 Å². The van der Waals surface area contributed by atoms with Gasteiger partial charge in [0.25, 0.3) is 0 Å². The molecule has 3 nitrogen and oxygen atoms in total. The second-order valence-electron chi connectivity index (χ2n) is 3.66. The molecule has 0 aromatic carbocycles. The molecule has 0 bridgehead atoms. The zero-order chi connectivity index (χ0) is 11.9. The topological polar surface area (TPSA) is 38.5 Å². The highest BCUT2D eigenvalue weighted by molar-refractivity contribution is 9.10. The molecule has 0 spiro atoms. The van der Waals surface area contributed by atoms with E-state index in [0.717, 1.165) is 9.99 Å². The first-order valence-electron chi connectivity index (χ1n) is 4.83. The molecule has 82 valence electrons. The highest BCUT2D eigenvalue weighted by Gasteiger charge is 2.11. The van der Waals surface area contributed by atoms with Crippen LogP contribution in [0, 0.1) is 0 Å². The van der Waals surface area contributed by atoms with Crippen LogP contribution in [0.15, 0.2) is 28.9 Å². The van der Waals surface area contributed by atoms with Crippen molar-refractivity contribution >= 4 is 33.0 Å². The van der Waals surface area contributed by atoms with Gasteiger partial charge in [-0.05, 0) is 41.1 Å². The maximum absolute atomic E-state index is 11.4. The lowest BCUT2D eigenvalue weighted by molar-refractivity contribution is 0.100. The van der Waals surface area contributed by atoms with Gasteiger partial charge < -0.3 is 4.40 Å². The molecule has 0 aliphatic rings. The van der Waals surface area contributed by atoms with E-state index >= 15 is 0 Å². The summed E-state index contributed by atoms with van der Waals surface area (Å²) >= 11 is 3.38. The largest absolute Gasteiger partial charge is 0.313 e. The van der Waals surface area contributed by atoms with Crippen molar-refractivity contribution in [3.05, 3.63) is 40.1 Å². The predicted molar refractivity (Wildman–Crippen MR) is 65.1 cm³/mol. The minimum atomic E-state index is -0.00345. The second-order valence-corrected chi connectivity index (χ2v) is 4.51. The van der Waals surface area contributed by atoms with Crippen LogP contribution in [0.4, 0.5) is 0 Å². The van der Waals surface area contributed by atoms with Crippen molar-refractivity contribution in [1.82, 2.24) is 4.40 Å². The van der Waals surface area contributed by atoms with Gasteiger partial charge in [-0.25, -0.2) is 0 Å². The van der Waals surface area contributed by atoms with Crippen LogP contribution in [0.25, 0.3) is 5.52 Å². The van der Waals surface area contributed by atoms with E-state index in [1.54, 1.807) is 28.8 Å². The quantitative estimate of drug-likeness (QED) is 0.793. The van der Waals surface area contributed by atoms with Crippen LogP contribution in [-0.4, -0.2) is 16.0 Å². The van der Waals surface area contributed by atoms with Crippen LogP contribution >= 0.6 is 15.9 Å². The van der Waals surface area contributed by atoms with Crippen molar-refractivity contribution in [1.29, 1.82) is 0 Å². The first-order chi connectivity index (χ1) is 7.50. The van der Waals surface area contributed by atoms with Gasteiger partial charge in [-0.1, -0.05) is 0 Å². The van der Waals surface area contributed by atoms with E-state index in [1.807, 2.05) is 0 Å². The third kappa shape index (κ3) is 1.69. The van der Waals surface area contributed by atoms with Gasteiger partial charge in [0.05, 0.1) is 11.2 Å². The number of hydrogen-bond acceptors (Lipinski definition) is 2. The molecule has 0 fully saturated rings. The van der Waals surface area contributed by atoms with Crippen LogP contribution in [0.3, 0.4) is 0 Å². The molecule has 0 aliphatic heterocycles. The average Bonchev–Trinajstić information content (AvgIpc) is 2.56. The van der Waals surface area contributed by atoms with Gasteiger partial charge >= 0.3 is 0 Å². The monoisotopic (exact) mass is 279 g/mol. The number of Topliss-reactive ketones (excluding diaryl/α,β-unsaturated/α-hetero) is 2. The Morgan fingerprint density at radius 1 is 1.19 bits per heavy atom. The number of ketones is 2. The zero-order valence-corrected chi connectivity index (χ0v) is 10.5. The molecule has 2 aromatic heterocycles. The zero-order valence-electron chi connectivity index (χ0n) is 8.95. The van der Waals surface area contributed by atoms with Gasteiger partial charge in [0.1, 0.15) is 0 Å². The molecule has 0 saturated carbocycles. The molecule has 0 amide bonds. The van der Waals surface area contributed by atoms with Gasteiger partial charge in [0.2, 0.25) is 0 Å². The summed E-state index contributed by atoms with van der Waals surface area (Å²) in [4.78, 5) is 22.6. The molecule has 0 radical (unpaired) electrons. The first kappa shape index (κ1) is 11.1. The van der Waals surface area contributed by atoms with E-state index in [9.17, 15) is 9.59 Å². The smallest absolute Gasteiger partial charge is 0.176 e. The van der Waals surface area contributed by atoms with E-state index in [2.05, 4.69) is 15.9 Å². The molecular weight excluding hydrogens is 270 g/mol. The van der Waals surface area contributed by atoms with E-state index in [4.69, 9.17) is 0 Å². The Morgan fingerprint density at radius 2 is 1.88 bits per heavy atom. The average molecular weight is 280 g/mol. The second kappa shape index (κ2) is 3.87. The highest BCUT2D eigenvalue weighted by Crippen LogP contribution is 2.24. The molecule has 4 heteroatoms. The lowest BCUT2D eigenvalue weighted by Gasteiger charge is -2.01. The number of pyridine rings is 1. The SMILES string of the molecule is CC(=O)c1ccn2c(C(C)=O)cc(Br)c2c1. The Morgan fingerprint density at radius 3 is 2.44 bits per heavy atom. The molecule has 2 heterocycles. The molecule has 0 aliphatic carbocycles. The summed E-state index contributed by atoms with van der Waals surface area (Å²) in [6.45, 7) is 3.04. The van der Waals surface area contributed by atoms with E-state index < -0.39 is 0 Å². The first-order valence-corrected chi connectivity index (χ1v) is 5.62. The summed E-state index contributed by atoms with van der Waals surface area (Å²) < 4.78 is 2.60. The fraction of sp³-hybridized carbons (Fsp3) is 0.167. The Balaban J connectivity index is 2.76. The molecule has 2 rings (SSSR count). The number of nitrogens with zero attached hydrogens (tertiary/aromatic N) is 1. The Kier molecular flexibility index (Phi) is 2.68. The number of fused-ring (bicyclic) bond motifs is 1. The third-order valence-corrected chi connectivity index (χ3v) is 3.12. The van der Waals surface area contributed by atoms with Crippen LogP contribution in [-0.2, 0) is 0 Å². The Bertz CT molecular complexity index is 598. The number of carbonyl (C=O) groups excluding carboxylic acids is 2. The van der Waals surface area contributed by atoms with Crippen molar-refractivity contribution in [2.24, 2.45) is 0 Å². The summed E-state index contributed by atoms with van der Waals surface area (Å²) in [7, 11) is 0. The third-order valence-electron chi connectivity index (χ3n) is 2.49. The lowest BCUT2D eigenvalue weighted by Crippen LogP contribution is -1.99. The van der Waals surface area contributed by atoms with Crippen molar-refractivity contribution < 1.29 is 9.59 Å². The van der Waals surface area contributed by atoms with Crippen molar-refractivity contribution in [2.75, 3.05) is 0 Å². The van der Waals surface area contributed by atoms with Crippen LogP contribution in [0.5, 0.6) is 0 Å². The van der Waals surface area contributed by atoms with Crippen LogP contribution in [0.2, 0.25) is 0 Å². The van der Waals surface area contributed by atoms with E-state index in [1.165, 1.54) is 13.8 Å². The number of halogens is 1. The van der Waals surface area contributed by atoms with Crippen LogP contribution < -0.4 is 0 Å². The molecule has 0 N–H and O–H groups in total. The minimum absolute atomic E-state index is 0.00345. The molecule has 0 saturated heterocycles. The minimum Gasteiger partial charge on any atom is -0.313 e. The molecule has 0 unspecified atom stereocenters. The molecular formula is C12H10BrNO2. The number of carbonyl (C=O) groups is 2. The molecule has 2 aromatic rings. The predicted octanol–water partition coefficient (Wildman–Crippen LogP) is 3.11. The molecule has 16 heavy (non-hydrogen) atoms. The Hall–Kier alpha value is -1.42. The fourth-order valence-corrected chi connectivity index (χ4v) is 2.17. The number of hydrogen-bond donors (Lipinski definition) is 0. The number of aromatic nitrogens is 1. The van der Waals surface area contributed by atoms with Gasteiger partial charge in [0.15, 0.2) is 11.6 Å². The normalized spacial score (nSPS) is 10.7. The molecule has 0 atom stereocenters. The maximum atomic E-state index is 11.4. The Labute approximate surface area is 101 Å². The summed E-state index contributed by atoms with van der Waals surface area (Å²) in [5.74, 6) is 0.0104. The summed E-state index contributed by atoms with van der Waals surface area (Å²) in [6, 6.07) is 5.26. The van der Waals surface area contributed by atoms with Gasteiger partial charge in [-0.3, -0.25) is 9.59 Å². The van der Waals surface area contributed by atoms with Crippen molar-refractivity contribution in [3.63, 3.8) is 0 Å². The standard InChI is InChI=1S/C12H10BrNO2/c1-7(15)9-3-4-14-11(8(2)16)6-10(13)12(14)5-9/h3-6H,1-2H3. The summed E-state index contributed by atoms with van der Waals surface area (Å²) in [5.41, 5.74) is 2.08. The van der Waals surface area contributed by atoms with E-state index in [-0.39, 0.29) is 11.6 Å². The van der Waals surface area contributed by atoms with Crippen molar-refractivity contribution in [2.45, 2.75) is 13.8 Å². The lowest BCUT2D eigenvalue weighted by atomic mass is 10.2. The van der Waals surface area contributed by atoms with Crippen LogP contribution in [0.1, 0.15) is 34.7 Å². The van der Waals surface area contributed by atoms with Gasteiger partial charge in [0, 0.05) is 23.2 Å². The fourth-order valence-electron chi connectivity index (χ4n) is 1.65. The van der Waals surface area contributed by atoms with Gasteiger partial charge in [-0.2, -0.15) is 0 Å². The van der Waals surface area contributed by atoms with Crippen molar-refractivity contribution in [3.8, 4) is 0 Å². The number of rotatable bonds is 2. The highest BCUT2D eigenvalue weighted by atomic mass is 79.9.